The van der Waals surface area contributed by atoms with Gasteiger partial charge in [-0.1, -0.05) is 19.3 Å². The number of aliphatic hydroxyl groups excluding tert-OH is 1. The maximum absolute atomic E-state index is 12.2. The van der Waals surface area contributed by atoms with E-state index in [2.05, 4.69) is 0 Å². The Hall–Kier alpha value is -0.290. The molecule has 0 bridgehead atoms. The van der Waals surface area contributed by atoms with Crippen molar-refractivity contribution in [2.75, 3.05) is 6.61 Å². The minimum Gasteiger partial charge on any atom is -0.393 e. The van der Waals surface area contributed by atoms with Crippen LogP contribution in [-0.2, 0) is 4.74 Å². The van der Waals surface area contributed by atoms with E-state index in [1.54, 1.807) is 0 Å². The molecule has 2 nitrogen and oxygen atoms in total. The lowest BCUT2D eigenvalue weighted by Crippen LogP contribution is -2.44. The Bertz CT molecular complexity index is 279. The molecule has 0 aromatic rings. The van der Waals surface area contributed by atoms with Crippen LogP contribution in [0.3, 0.4) is 0 Å². The second kappa shape index (κ2) is 6.00. The van der Waals surface area contributed by atoms with Crippen LogP contribution in [0.2, 0.25) is 0 Å². The van der Waals surface area contributed by atoms with Gasteiger partial charge in [-0.15, -0.1) is 0 Å². The van der Waals surface area contributed by atoms with Gasteiger partial charge >= 0.3 is 6.18 Å². The summed E-state index contributed by atoms with van der Waals surface area (Å²) in [6, 6.07) is 0. The summed E-state index contributed by atoms with van der Waals surface area (Å²) in [5.74, 6) is -0.0331. The summed E-state index contributed by atoms with van der Waals surface area (Å²) in [6.07, 6.45) is 0.794. The summed E-state index contributed by atoms with van der Waals surface area (Å²) in [6.45, 7) is 0.577. The van der Waals surface area contributed by atoms with E-state index in [1.165, 1.54) is 6.42 Å². The first-order valence-electron chi connectivity index (χ1n) is 7.29. The third-order valence-corrected chi connectivity index (χ3v) is 4.56. The molecule has 1 heterocycles. The fraction of sp³-hybridized carbons (Fsp3) is 1.00. The molecule has 1 saturated heterocycles. The number of hydrogen-bond donors (Lipinski definition) is 1. The van der Waals surface area contributed by atoms with Gasteiger partial charge < -0.3 is 9.84 Å². The Kier molecular flexibility index (Phi) is 4.77. The van der Waals surface area contributed by atoms with Crippen molar-refractivity contribution in [1.29, 1.82) is 0 Å². The van der Waals surface area contributed by atoms with Crippen LogP contribution in [0.25, 0.3) is 0 Å². The van der Waals surface area contributed by atoms with Crippen molar-refractivity contribution in [2.24, 2.45) is 5.92 Å². The molecule has 2 fully saturated rings. The van der Waals surface area contributed by atoms with Gasteiger partial charge in [-0.05, 0) is 38.0 Å². The van der Waals surface area contributed by atoms with Gasteiger partial charge in [0.1, 0.15) is 0 Å². The second-order valence-corrected chi connectivity index (χ2v) is 6.07. The maximum Gasteiger partial charge on any atom is 0.389 e. The van der Waals surface area contributed by atoms with Crippen molar-refractivity contribution in [3.8, 4) is 0 Å². The molecule has 0 aromatic heterocycles. The summed E-state index contributed by atoms with van der Waals surface area (Å²) in [4.78, 5) is 0. The molecule has 2 atom stereocenters. The van der Waals surface area contributed by atoms with Gasteiger partial charge in [-0.25, -0.2) is 0 Å². The second-order valence-electron chi connectivity index (χ2n) is 6.07. The molecule has 2 rings (SSSR count). The Morgan fingerprint density at radius 1 is 1.21 bits per heavy atom. The van der Waals surface area contributed by atoms with Gasteiger partial charge in [0.15, 0.2) is 0 Å². The van der Waals surface area contributed by atoms with E-state index >= 15 is 0 Å². The van der Waals surface area contributed by atoms with Gasteiger partial charge in [0, 0.05) is 13.0 Å². The number of rotatable bonds is 3. The van der Waals surface area contributed by atoms with Gasteiger partial charge in [0.25, 0.3) is 0 Å². The number of aliphatic hydroxyl groups is 1. The van der Waals surface area contributed by atoms with Crippen LogP contribution in [0, 0.1) is 5.92 Å². The molecule has 2 unspecified atom stereocenters. The lowest BCUT2D eigenvalue weighted by molar-refractivity contribution is -0.153. The number of hydrogen-bond acceptors (Lipinski definition) is 2. The fourth-order valence-corrected chi connectivity index (χ4v) is 3.49. The molecule has 0 amide bonds. The summed E-state index contributed by atoms with van der Waals surface area (Å²) in [5, 5.41) is 10.00. The SMILES string of the molecule is OC(CCC(F)(F)F)C1CCOC2(CCCCC2)C1. The van der Waals surface area contributed by atoms with Crippen LogP contribution in [0.1, 0.15) is 57.8 Å². The predicted octanol–water partition coefficient (Wildman–Crippen LogP) is 3.82. The van der Waals surface area contributed by atoms with E-state index < -0.39 is 18.7 Å². The van der Waals surface area contributed by atoms with E-state index in [-0.39, 0.29) is 17.9 Å². The topological polar surface area (TPSA) is 29.5 Å². The summed E-state index contributed by atoms with van der Waals surface area (Å²) in [7, 11) is 0. The van der Waals surface area contributed by atoms with E-state index in [4.69, 9.17) is 4.74 Å². The number of alkyl halides is 3. The number of halogens is 3. The molecule has 5 heteroatoms. The largest absolute Gasteiger partial charge is 0.393 e. The molecule has 1 spiro atoms. The molecule has 0 aromatic carbocycles. The molecule has 0 radical (unpaired) electrons. The zero-order chi connectivity index (χ0) is 13.9. The Morgan fingerprint density at radius 2 is 1.89 bits per heavy atom. The summed E-state index contributed by atoms with van der Waals surface area (Å²) >= 11 is 0. The van der Waals surface area contributed by atoms with E-state index in [0.29, 0.717) is 13.0 Å². The van der Waals surface area contributed by atoms with Gasteiger partial charge in [-0.2, -0.15) is 13.2 Å². The van der Waals surface area contributed by atoms with Gasteiger partial charge in [0.05, 0.1) is 11.7 Å². The minimum absolute atomic E-state index is 0.0331. The van der Waals surface area contributed by atoms with Crippen LogP contribution in [-0.4, -0.2) is 29.6 Å². The lowest BCUT2D eigenvalue weighted by Gasteiger charge is -2.44. The lowest BCUT2D eigenvalue weighted by atomic mass is 9.74. The van der Waals surface area contributed by atoms with Crippen molar-refractivity contribution in [3.63, 3.8) is 0 Å². The van der Waals surface area contributed by atoms with Gasteiger partial charge in [-0.3, -0.25) is 0 Å². The Morgan fingerprint density at radius 3 is 2.53 bits per heavy atom. The third kappa shape index (κ3) is 4.35. The van der Waals surface area contributed by atoms with Crippen LogP contribution in [0.4, 0.5) is 13.2 Å². The van der Waals surface area contributed by atoms with Crippen molar-refractivity contribution in [1.82, 2.24) is 0 Å². The molecule has 2 aliphatic rings. The molecule has 1 aliphatic heterocycles. The first-order valence-corrected chi connectivity index (χ1v) is 7.29. The summed E-state index contributed by atoms with van der Waals surface area (Å²) in [5.41, 5.74) is -0.152. The Labute approximate surface area is 112 Å². The Balaban J connectivity index is 1.86. The predicted molar refractivity (Wildman–Crippen MR) is 65.8 cm³/mol. The standard InChI is InChI=1S/C14H23F3O2/c15-14(16,17)8-4-12(18)11-5-9-19-13(10-11)6-2-1-3-7-13/h11-12,18H,1-10H2. The molecule has 1 N–H and O–H groups in total. The molecular weight excluding hydrogens is 257 g/mol. The zero-order valence-electron chi connectivity index (χ0n) is 11.2. The normalized spacial score (nSPS) is 29.4. The van der Waals surface area contributed by atoms with Crippen LogP contribution in [0.15, 0.2) is 0 Å². The van der Waals surface area contributed by atoms with Crippen LogP contribution < -0.4 is 0 Å². The fourth-order valence-electron chi connectivity index (χ4n) is 3.49. The highest BCUT2D eigenvalue weighted by Gasteiger charge is 2.41. The van der Waals surface area contributed by atoms with Crippen LogP contribution >= 0.6 is 0 Å². The van der Waals surface area contributed by atoms with Crippen LogP contribution in [0.5, 0.6) is 0 Å². The number of ether oxygens (including phenoxy) is 1. The molecular formula is C14H23F3O2. The van der Waals surface area contributed by atoms with E-state index in [0.717, 1.165) is 32.1 Å². The highest BCUT2D eigenvalue weighted by Crippen LogP contribution is 2.42. The quantitative estimate of drug-likeness (QED) is 0.851. The van der Waals surface area contributed by atoms with Crippen molar-refractivity contribution in [3.05, 3.63) is 0 Å². The zero-order valence-corrected chi connectivity index (χ0v) is 11.2. The van der Waals surface area contributed by atoms with Crippen molar-refractivity contribution in [2.45, 2.75) is 75.7 Å². The monoisotopic (exact) mass is 280 g/mol. The van der Waals surface area contributed by atoms with Crippen molar-refractivity contribution < 1.29 is 23.0 Å². The smallest absolute Gasteiger partial charge is 0.389 e. The molecule has 112 valence electrons. The first-order chi connectivity index (χ1) is 8.90. The van der Waals surface area contributed by atoms with Gasteiger partial charge in [0.2, 0.25) is 0 Å². The maximum atomic E-state index is 12.2. The average molecular weight is 280 g/mol. The third-order valence-electron chi connectivity index (χ3n) is 4.56. The molecule has 1 saturated carbocycles. The summed E-state index contributed by atoms with van der Waals surface area (Å²) < 4.78 is 42.5. The van der Waals surface area contributed by atoms with E-state index in [1.807, 2.05) is 0 Å². The van der Waals surface area contributed by atoms with Crippen molar-refractivity contribution >= 4 is 0 Å². The highest BCUT2D eigenvalue weighted by atomic mass is 19.4. The first kappa shape index (κ1) is 15.1. The molecule has 1 aliphatic carbocycles. The van der Waals surface area contributed by atoms with E-state index in [9.17, 15) is 18.3 Å². The minimum atomic E-state index is -4.17. The molecule has 19 heavy (non-hydrogen) atoms. The highest BCUT2D eigenvalue weighted by molar-refractivity contribution is 4.91. The average Bonchev–Trinajstić information content (AvgIpc) is 2.36.